The molecule has 1 atom stereocenters. The number of ether oxygens (including phenoxy) is 1. The zero-order chi connectivity index (χ0) is 23.4. The second-order valence-corrected chi connectivity index (χ2v) is 8.08. The van der Waals surface area contributed by atoms with Crippen molar-refractivity contribution in [3.63, 3.8) is 0 Å². The highest BCUT2D eigenvalue weighted by atomic mass is 16.5. The van der Waals surface area contributed by atoms with Crippen molar-refractivity contribution in [3.05, 3.63) is 106 Å². The Morgan fingerprint density at radius 2 is 1.85 bits per heavy atom. The lowest BCUT2D eigenvalue weighted by atomic mass is 9.96. The van der Waals surface area contributed by atoms with E-state index in [2.05, 4.69) is 35.1 Å². The average molecular weight is 437 g/mol. The van der Waals surface area contributed by atoms with Gasteiger partial charge in [0.1, 0.15) is 6.07 Å². The van der Waals surface area contributed by atoms with Crippen LogP contribution in [0.1, 0.15) is 35.2 Å². The molecule has 4 aromatic rings. The molecule has 0 unspecified atom stereocenters. The molecule has 0 N–H and O–H groups in total. The molecule has 0 aliphatic carbocycles. The van der Waals surface area contributed by atoms with Gasteiger partial charge in [-0.3, -0.25) is 4.79 Å². The lowest BCUT2D eigenvalue weighted by Gasteiger charge is -2.15. The zero-order valence-electron chi connectivity index (χ0n) is 18.8. The highest BCUT2D eigenvalue weighted by molar-refractivity contribution is 5.59. The number of aromatic nitrogens is 3. The second kappa shape index (κ2) is 9.49. The number of benzene rings is 2. The van der Waals surface area contributed by atoms with Crippen LogP contribution in [0.4, 0.5) is 0 Å². The van der Waals surface area contributed by atoms with Crippen molar-refractivity contribution in [1.29, 1.82) is 5.26 Å². The second-order valence-electron chi connectivity index (χ2n) is 8.08. The highest BCUT2D eigenvalue weighted by Gasteiger charge is 2.15. The number of pyridine rings is 1. The first-order chi connectivity index (χ1) is 15.9. The fraction of sp³-hybridized carbons (Fsp3) is 0.185. The minimum absolute atomic E-state index is 0.0965. The van der Waals surface area contributed by atoms with Crippen molar-refractivity contribution < 1.29 is 4.74 Å². The SMILES string of the molecule is Cc1cccc(C#N)c1Oc1nc(C[C@@H](C)c2ccccc2)cc(-c2ccc(=O)n(C)c2)n1. The van der Waals surface area contributed by atoms with Crippen LogP contribution >= 0.6 is 0 Å². The summed E-state index contributed by atoms with van der Waals surface area (Å²) in [5, 5.41) is 9.51. The minimum atomic E-state index is -0.0965. The molecule has 6 heteroatoms. The molecule has 164 valence electrons. The smallest absolute Gasteiger partial charge is 0.322 e. The summed E-state index contributed by atoms with van der Waals surface area (Å²) in [4.78, 5) is 21.1. The summed E-state index contributed by atoms with van der Waals surface area (Å²) in [5.74, 6) is 0.676. The molecule has 0 spiro atoms. The van der Waals surface area contributed by atoms with Gasteiger partial charge in [0.05, 0.1) is 11.3 Å². The third-order valence-corrected chi connectivity index (χ3v) is 5.55. The number of para-hydroxylation sites is 1. The van der Waals surface area contributed by atoms with Gasteiger partial charge in [-0.15, -0.1) is 0 Å². The van der Waals surface area contributed by atoms with Crippen LogP contribution < -0.4 is 10.3 Å². The molecule has 0 bridgehead atoms. The van der Waals surface area contributed by atoms with Gasteiger partial charge in [-0.2, -0.15) is 15.2 Å². The lowest BCUT2D eigenvalue weighted by molar-refractivity contribution is 0.435. The van der Waals surface area contributed by atoms with E-state index in [0.29, 0.717) is 23.4 Å². The van der Waals surface area contributed by atoms with Crippen molar-refractivity contribution in [2.75, 3.05) is 0 Å². The van der Waals surface area contributed by atoms with E-state index in [-0.39, 0.29) is 17.5 Å². The summed E-state index contributed by atoms with van der Waals surface area (Å²) < 4.78 is 7.58. The summed E-state index contributed by atoms with van der Waals surface area (Å²) in [6.07, 6.45) is 2.42. The van der Waals surface area contributed by atoms with E-state index < -0.39 is 0 Å². The summed E-state index contributed by atoms with van der Waals surface area (Å²) in [6.45, 7) is 4.03. The molecule has 0 aliphatic heterocycles. The Morgan fingerprint density at radius 1 is 1.06 bits per heavy atom. The summed E-state index contributed by atoms with van der Waals surface area (Å²) >= 11 is 0. The molecule has 0 radical (unpaired) electrons. The molecule has 0 amide bonds. The van der Waals surface area contributed by atoms with Gasteiger partial charge in [0.25, 0.3) is 0 Å². The molecule has 0 saturated carbocycles. The molecule has 2 aromatic carbocycles. The first-order valence-corrected chi connectivity index (χ1v) is 10.7. The molecule has 0 saturated heterocycles. The minimum Gasteiger partial charge on any atom is -0.423 e. The third kappa shape index (κ3) is 4.99. The van der Waals surface area contributed by atoms with E-state index in [4.69, 9.17) is 4.74 Å². The Hall–Kier alpha value is -4.24. The number of nitrogens with zero attached hydrogens (tertiary/aromatic N) is 4. The maximum atomic E-state index is 11.9. The zero-order valence-corrected chi connectivity index (χ0v) is 18.8. The van der Waals surface area contributed by atoms with E-state index in [1.807, 2.05) is 43.3 Å². The predicted octanol–water partition coefficient (Wildman–Crippen LogP) is 5.16. The lowest BCUT2D eigenvalue weighted by Crippen LogP contribution is -2.14. The Labute approximate surface area is 192 Å². The van der Waals surface area contributed by atoms with Crippen molar-refractivity contribution in [1.82, 2.24) is 14.5 Å². The molecule has 0 fully saturated rings. The quantitative estimate of drug-likeness (QED) is 0.417. The Balaban J connectivity index is 1.77. The van der Waals surface area contributed by atoms with Crippen molar-refractivity contribution >= 4 is 0 Å². The summed E-state index contributed by atoms with van der Waals surface area (Å²) in [6, 6.07) is 23.2. The first-order valence-electron chi connectivity index (χ1n) is 10.7. The predicted molar refractivity (Wildman–Crippen MR) is 127 cm³/mol. The molecular formula is C27H24N4O2. The average Bonchev–Trinajstić information content (AvgIpc) is 2.82. The van der Waals surface area contributed by atoms with Crippen molar-refractivity contribution in [2.45, 2.75) is 26.2 Å². The van der Waals surface area contributed by atoms with Crippen LogP contribution in [-0.4, -0.2) is 14.5 Å². The van der Waals surface area contributed by atoms with Gasteiger partial charge in [-0.05, 0) is 48.6 Å². The van der Waals surface area contributed by atoms with Gasteiger partial charge in [0.2, 0.25) is 5.56 Å². The van der Waals surface area contributed by atoms with E-state index in [1.54, 1.807) is 25.4 Å². The van der Waals surface area contributed by atoms with Crippen molar-refractivity contribution in [3.8, 4) is 29.1 Å². The topological polar surface area (TPSA) is 80.8 Å². The molecule has 4 rings (SSSR count). The Kier molecular flexibility index (Phi) is 6.32. The maximum absolute atomic E-state index is 11.9. The largest absolute Gasteiger partial charge is 0.423 e. The molecule has 2 aromatic heterocycles. The molecule has 2 heterocycles. The standard InChI is InChI=1S/C27H24N4O2/c1-18-8-7-11-21(16-28)26(18)33-27-29-23(14-19(2)20-9-5-4-6-10-20)15-24(30-27)22-12-13-25(32)31(3)17-22/h4-13,15,17,19H,14H2,1-3H3/t19-/m1/s1. The fourth-order valence-corrected chi connectivity index (χ4v) is 3.70. The summed E-state index contributed by atoms with van der Waals surface area (Å²) in [7, 11) is 1.70. The van der Waals surface area contributed by atoms with Crippen LogP contribution in [-0.2, 0) is 13.5 Å². The Bertz CT molecular complexity index is 1390. The van der Waals surface area contributed by atoms with Crippen LogP contribution in [0.25, 0.3) is 11.3 Å². The highest BCUT2D eigenvalue weighted by Crippen LogP contribution is 2.29. The monoisotopic (exact) mass is 436 g/mol. The molecule has 6 nitrogen and oxygen atoms in total. The molecule has 0 aliphatic rings. The van der Waals surface area contributed by atoms with Crippen LogP contribution in [0.15, 0.2) is 77.7 Å². The number of aryl methyl sites for hydroxylation is 2. The number of hydrogen-bond acceptors (Lipinski definition) is 5. The molecular weight excluding hydrogens is 412 g/mol. The Morgan fingerprint density at radius 3 is 2.58 bits per heavy atom. The van der Waals surface area contributed by atoms with E-state index >= 15 is 0 Å². The third-order valence-electron chi connectivity index (χ3n) is 5.55. The van der Waals surface area contributed by atoms with Gasteiger partial charge < -0.3 is 9.30 Å². The summed E-state index contributed by atoms with van der Waals surface area (Å²) in [5.41, 5.74) is 4.61. The number of rotatable bonds is 6. The van der Waals surface area contributed by atoms with Gasteiger partial charge >= 0.3 is 6.01 Å². The van der Waals surface area contributed by atoms with E-state index in [9.17, 15) is 10.1 Å². The van der Waals surface area contributed by atoms with Gasteiger partial charge in [-0.25, -0.2) is 0 Å². The van der Waals surface area contributed by atoms with Gasteiger partial charge in [-0.1, -0.05) is 49.4 Å². The number of nitriles is 1. The van der Waals surface area contributed by atoms with E-state index in [1.165, 1.54) is 16.2 Å². The first kappa shape index (κ1) is 22.0. The number of hydrogen-bond donors (Lipinski definition) is 0. The normalized spacial score (nSPS) is 11.6. The van der Waals surface area contributed by atoms with Crippen molar-refractivity contribution in [2.24, 2.45) is 7.05 Å². The van der Waals surface area contributed by atoms with Crippen LogP contribution in [0.2, 0.25) is 0 Å². The maximum Gasteiger partial charge on any atom is 0.322 e. The van der Waals surface area contributed by atoms with Crippen LogP contribution in [0, 0.1) is 18.3 Å². The van der Waals surface area contributed by atoms with Crippen LogP contribution in [0.5, 0.6) is 11.8 Å². The van der Waals surface area contributed by atoms with Gasteiger partial charge in [0, 0.05) is 30.6 Å². The molecule has 33 heavy (non-hydrogen) atoms. The van der Waals surface area contributed by atoms with Crippen LogP contribution in [0.3, 0.4) is 0 Å². The van der Waals surface area contributed by atoms with E-state index in [0.717, 1.165) is 16.8 Å². The fourth-order valence-electron chi connectivity index (χ4n) is 3.70. The van der Waals surface area contributed by atoms with Gasteiger partial charge in [0.15, 0.2) is 5.75 Å².